The summed E-state index contributed by atoms with van der Waals surface area (Å²) in [6.07, 6.45) is 3.36. The number of hydrogen-bond donors (Lipinski definition) is 2. The van der Waals surface area contributed by atoms with Crippen LogP contribution in [-0.2, 0) is 5.75 Å². The summed E-state index contributed by atoms with van der Waals surface area (Å²) in [5, 5.41) is 0. The average molecular weight is 184 g/mol. The Hall–Kier alpha value is -0.810. The number of hydrogen-bond acceptors (Lipinski definition) is 5. The second-order valence-electron chi connectivity index (χ2n) is 2.17. The van der Waals surface area contributed by atoms with Crippen molar-refractivity contribution in [2.75, 3.05) is 11.2 Å². The Labute approximate surface area is 75.9 Å². The molecule has 1 aromatic heterocycles. The van der Waals surface area contributed by atoms with Crippen molar-refractivity contribution >= 4 is 17.6 Å². The van der Waals surface area contributed by atoms with Crippen molar-refractivity contribution in [1.82, 2.24) is 9.97 Å². The van der Waals surface area contributed by atoms with Crippen molar-refractivity contribution in [2.24, 2.45) is 5.84 Å². The summed E-state index contributed by atoms with van der Waals surface area (Å²) in [5.74, 6) is 7.75. The molecule has 0 aliphatic rings. The first kappa shape index (κ1) is 9.28. The maximum absolute atomic E-state index is 5.14. The minimum atomic E-state index is 0.597. The van der Waals surface area contributed by atoms with Gasteiger partial charge in [-0.3, -0.25) is 4.98 Å². The molecule has 0 aliphatic carbocycles. The fourth-order valence-electron chi connectivity index (χ4n) is 0.710. The lowest BCUT2D eigenvalue weighted by atomic mass is 10.5. The van der Waals surface area contributed by atoms with E-state index in [9.17, 15) is 0 Å². The Balaban J connectivity index is 2.53. The molecule has 1 rings (SSSR count). The van der Waals surface area contributed by atoms with E-state index in [2.05, 4.69) is 22.3 Å². The van der Waals surface area contributed by atoms with Crippen molar-refractivity contribution in [2.45, 2.75) is 12.7 Å². The fraction of sp³-hybridized carbons (Fsp3) is 0.429. The van der Waals surface area contributed by atoms with Gasteiger partial charge in [-0.05, 0) is 5.75 Å². The maximum atomic E-state index is 5.14. The molecule has 12 heavy (non-hydrogen) atoms. The van der Waals surface area contributed by atoms with Gasteiger partial charge in [0.25, 0.3) is 0 Å². The largest absolute Gasteiger partial charge is 0.307 e. The van der Waals surface area contributed by atoms with Gasteiger partial charge in [-0.15, -0.1) is 0 Å². The van der Waals surface area contributed by atoms with E-state index in [4.69, 9.17) is 5.84 Å². The Bertz CT molecular complexity index is 223. The Morgan fingerprint density at radius 1 is 1.50 bits per heavy atom. The van der Waals surface area contributed by atoms with E-state index in [1.165, 1.54) is 0 Å². The van der Waals surface area contributed by atoms with Gasteiger partial charge in [0.05, 0.1) is 18.1 Å². The molecule has 0 aromatic carbocycles. The van der Waals surface area contributed by atoms with Crippen LogP contribution in [0.5, 0.6) is 0 Å². The highest BCUT2D eigenvalue weighted by atomic mass is 32.2. The summed E-state index contributed by atoms with van der Waals surface area (Å²) in [6, 6.07) is 0. The first-order valence-corrected chi connectivity index (χ1v) is 4.87. The molecule has 0 radical (unpaired) electrons. The highest BCUT2D eigenvalue weighted by Crippen LogP contribution is 2.08. The molecule has 3 N–H and O–H groups in total. The molecule has 0 fully saturated rings. The van der Waals surface area contributed by atoms with Crippen LogP contribution in [0.4, 0.5) is 5.82 Å². The zero-order valence-corrected chi connectivity index (χ0v) is 7.77. The Morgan fingerprint density at radius 2 is 2.33 bits per heavy atom. The summed E-state index contributed by atoms with van der Waals surface area (Å²) in [4.78, 5) is 8.20. The van der Waals surface area contributed by atoms with E-state index >= 15 is 0 Å². The maximum Gasteiger partial charge on any atom is 0.158 e. The number of nitrogen functional groups attached to an aromatic ring is 1. The van der Waals surface area contributed by atoms with Crippen molar-refractivity contribution in [3.05, 3.63) is 18.1 Å². The second kappa shape index (κ2) is 4.95. The summed E-state index contributed by atoms with van der Waals surface area (Å²) in [6.45, 7) is 2.12. The quantitative estimate of drug-likeness (QED) is 0.540. The molecule has 0 aliphatic heterocycles. The van der Waals surface area contributed by atoms with Gasteiger partial charge in [0.15, 0.2) is 5.82 Å². The predicted molar refractivity (Wildman–Crippen MR) is 51.7 cm³/mol. The van der Waals surface area contributed by atoms with Crippen LogP contribution in [0, 0.1) is 0 Å². The minimum absolute atomic E-state index is 0.597. The molecule has 0 saturated carbocycles. The van der Waals surface area contributed by atoms with Crippen molar-refractivity contribution in [3.8, 4) is 0 Å². The first-order chi connectivity index (χ1) is 5.86. The van der Waals surface area contributed by atoms with E-state index in [1.54, 1.807) is 12.4 Å². The molecule has 0 unspecified atom stereocenters. The molecule has 4 nitrogen and oxygen atoms in total. The van der Waals surface area contributed by atoms with Crippen LogP contribution >= 0.6 is 11.8 Å². The number of hydrazine groups is 1. The molecule has 0 saturated heterocycles. The summed E-state index contributed by atoms with van der Waals surface area (Å²) >= 11 is 1.82. The van der Waals surface area contributed by atoms with Gasteiger partial charge in [0.2, 0.25) is 0 Å². The van der Waals surface area contributed by atoms with Gasteiger partial charge in [0, 0.05) is 5.75 Å². The third-order valence-electron chi connectivity index (χ3n) is 1.31. The lowest BCUT2D eigenvalue weighted by Crippen LogP contribution is -2.08. The number of nitrogens with one attached hydrogen (secondary N) is 1. The predicted octanol–water partition coefficient (Wildman–Crippen LogP) is 1.02. The van der Waals surface area contributed by atoms with E-state index in [0.29, 0.717) is 5.82 Å². The zero-order valence-electron chi connectivity index (χ0n) is 6.95. The number of anilines is 1. The zero-order chi connectivity index (χ0) is 8.81. The smallest absolute Gasteiger partial charge is 0.158 e. The number of nitrogens with two attached hydrogens (primary N) is 1. The van der Waals surface area contributed by atoms with Crippen LogP contribution in [0.15, 0.2) is 12.4 Å². The standard InChI is InChI=1S/C7H12N4S/c1-2-12-5-6-3-10-7(11-8)4-9-6/h3-4H,2,5,8H2,1H3,(H,10,11). The van der Waals surface area contributed by atoms with E-state index in [0.717, 1.165) is 17.2 Å². The lowest BCUT2D eigenvalue weighted by molar-refractivity contribution is 1.08. The van der Waals surface area contributed by atoms with Gasteiger partial charge in [-0.25, -0.2) is 10.8 Å². The Morgan fingerprint density at radius 3 is 2.83 bits per heavy atom. The van der Waals surface area contributed by atoms with Crippen LogP contribution in [0.3, 0.4) is 0 Å². The minimum Gasteiger partial charge on any atom is -0.307 e. The topological polar surface area (TPSA) is 63.8 Å². The first-order valence-electron chi connectivity index (χ1n) is 3.72. The highest BCUT2D eigenvalue weighted by Gasteiger charge is 1.94. The van der Waals surface area contributed by atoms with Gasteiger partial charge >= 0.3 is 0 Å². The van der Waals surface area contributed by atoms with Crippen LogP contribution in [-0.4, -0.2) is 15.7 Å². The average Bonchev–Trinajstić information content (AvgIpc) is 2.15. The molecule has 0 spiro atoms. The van der Waals surface area contributed by atoms with Crippen LogP contribution in [0.2, 0.25) is 0 Å². The van der Waals surface area contributed by atoms with Gasteiger partial charge in [-0.1, -0.05) is 6.92 Å². The molecular weight excluding hydrogens is 172 g/mol. The monoisotopic (exact) mass is 184 g/mol. The van der Waals surface area contributed by atoms with Gasteiger partial charge < -0.3 is 5.43 Å². The molecule has 1 heterocycles. The SMILES string of the molecule is CCSCc1cnc(NN)cn1. The molecule has 66 valence electrons. The molecular formula is C7H12N4S. The molecule has 0 atom stereocenters. The number of nitrogens with zero attached hydrogens (tertiary/aromatic N) is 2. The lowest BCUT2D eigenvalue weighted by Gasteiger charge is -2.00. The fourth-order valence-corrected chi connectivity index (χ4v) is 1.27. The number of rotatable bonds is 4. The third-order valence-corrected chi connectivity index (χ3v) is 2.22. The second-order valence-corrected chi connectivity index (χ2v) is 3.45. The van der Waals surface area contributed by atoms with Crippen LogP contribution in [0.1, 0.15) is 12.6 Å². The number of thioether (sulfide) groups is 1. The molecule has 5 heteroatoms. The van der Waals surface area contributed by atoms with E-state index < -0.39 is 0 Å². The van der Waals surface area contributed by atoms with E-state index in [-0.39, 0.29) is 0 Å². The molecule has 1 aromatic rings. The third kappa shape index (κ3) is 2.67. The van der Waals surface area contributed by atoms with Gasteiger partial charge in [0.1, 0.15) is 0 Å². The van der Waals surface area contributed by atoms with Crippen molar-refractivity contribution in [1.29, 1.82) is 0 Å². The summed E-state index contributed by atoms with van der Waals surface area (Å²) in [5.41, 5.74) is 3.42. The van der Waals surface area contributed by atoms with Crippen LogP contribution in [0.25, 0.3) is 0 Å². The normalized spacial score (nSPS) is 9.83. The summed E-state index contributed by atoms with van der Waals surface area (Å²) < 4.78 is 0. The van der Waals surface area contributed by atoms with Crippen LogP contribution < -0.4 is 11.3 Å². The van der Waals surface area contributed by atoms with Crippen molar-refractivity contribution < 1.29 is 0 Å². The number of aromatic nitrogens is 2. The molecule has 0 amide bonds. The van der Waals surface area contributed by atoms with Gasteiger partial charge in [-0.2, -0.15) is 11.8 Å². The Kier molecular flexibility index (Phi) is 3.83. The highest BCUT2D eigenvalue weighted by molar-refractivity contribution is 7.98. The van der Waals surface area contributed by atoms with E-state index in [1.807, 2.05) is 11.8 Å². The molecule has 0 bridgehead atoms. The van der Waals surface area contributed by atoms with Crippen molar-refractivity contribution in [3.63, 3.8) is 0 Å². The summed E-state index contributed by atoms with van der Waals surface area (Å²) in [7, 11) is 0.